The summed E-state index contributed by atoms with van der Waals surface area (Å²) in [7, 11) is 1.53. The summed E-state index contributed by atoms with van der Waals surface area (Å²) in [6, 6.07) is 10.5. The maximum atomic E-state index is 12.4. The van der Waals surface area contributed by atoms with Crippen LogP contribution in [0.4, 0.5) is 21.9 Å². The maximum absolute atomic E-state index is 12.4. The van der Waals surface area contributed by atoms with Crippen molar-refractivity contribution in [2.75, 3.05) is 41.9 Å². The zero-order valence-electron chi connectivity index (χ0n) is 17.6. The van der Waals surface area contributed by atoms with Crippen molar-refractivity contribution in [3.63, 3.8) is 0 Å². The largest absolute Gasteiger partial charge is 0.497 e. The predicted molar refractivity (Wildman–Crippen MR) is 122 cm³/mol. The Labute approximate surface area is 189 Å². The van der Waals surface area contributed by atoms with Crippen LogP contribution in [0, 0.1) is 0 Å². The molecule has 1 unspecified atom stereocenters. The number of nitrogens with two attached hydrogens (primary N) is 1. The van der Waals surface area contributed by atoms with Gasteiger partial charge in [-0.3, -0.25) is 14.5 Å². The van der Waals surface area contributed by atoms with E-state index in [1.807, 2.05) is 12.1 Å². The van der Waals surface area contributed by atoms with Gasteiger partial charge in [-0.1, -0.05) is 0 Å². The summed E-state index contributed by atoms with van der Waals surface area (Å²) in [6.45, 7) is 0.834. The molecule has 4 N–H and O–H groups in total. The predicted octanol–water partition coefficient (Wildman–Crippen LogP) is 2.86. The van der Waals surface area contributed by atoms with Crippen molar-refractivity contribution in [3.8, 4) is 5.75 Å². The van der Waals surface area contributed by atoms with Gasteiger partial charge in [-0.15, -0.1) is 11.8 Å². The molecule has 0 aliphatic carbocycles. The first-order valence-electron chi connectivity index (χ1n) is 10.2. The molecule has 9 nitrogen and oxygen atoms in total. The smallest absolute Gasteiger partial charge is 0.414 e. The first-order valence-corrected chi connectivity index (χ1v) is 11.2. The van der Waals surface area contributed by atoms with Gasteiger partial charge >= 0.3 is 6.09 Å². The van der Waals surface area contributed by atoms with E-state index < -0.39 is 6.09 Å². The van der Waals surface area contributed by atoms with Crippen molar-refractivity contribution in [3.05, 3.63) is 42.0 Å². The molecule has 2 aromatic rings. The second kappa shape index (κ2) is 9.39. The molecule has 3 amide bonds. The highest BCUT2D eigenvalue weighted by Gasteiger charge is 2.32. The number of hydrogen-bond donors (Lipinski definition) is 3. The van der Waals surface area contributed by atoms with Gasteiger partial charge in [-0.2, -0.15) is 0 Å². The molecule has 0 radical (unpaired) electrons. The van der Waals surface area contributed by atoms with E-state index in [1.165, 1.54) is 18.9 Å². The zero-order valence-corrected chi connectivity index (χ0v) is 18.4. The molecule has 1 fully saturated rings. The summed E-state index contributed by atoms with van der Waals surface area (Å²) in [5.41, 5.74) is 8.01. The van der Waals surface area contributed by atoms with Crippen LogP contribution in [0.1, 0.15) is 23.2 Å². The van der Waals surface area contributed by atoms with Gasteiger partial charge < -0.3 is 25.8 Å². The summed E-state index contributed by atoms with van der Waals surface area (Å²) in [5.74, 6) is 0.614. The van der Waals surface area contributed by atoms with Gasteiger partial charge in [-0.25, -0.2) is 4.79 Å². The number of nitrogens with one attached hydrogen (secondary N) is 2. The van der Waals surface area contributed by atoms with Crippen molar-refractivity contribution >= 4 is 46.7 Å². The molecule has 2 aliphatic heterocycles. The summed E-state index contributed by atoms with van der Waals surface area (Å²) in [5, 5.41) is 5.67. The number of anilines is 3. The number of carbonyl (C=O) groups is 3. The second-order valence-corrected chi connectivity index (χ2v) is 8.50. The number of carbonyl (C=O) groups excluding carboxylic acids is 3. The molecule has 1 atom stereocenters. The van der Waals surface area contributed by atoms with Gasteiger partial charge in [0, 0.05) is 22.8 Å². The average Bonchev–Trinajstić information content (AvgIpc) is 3.16. The monoisotopic (exact) mass is 456 g/mol. The van der Waals surface area contributed by atoms with Crippen LogP contribution in [0.15, 0.2) is 41.3 Å². The normalized spacial score (nSPS) is 17.4. The number of nitrogen functional groups attached to an aromatic ring is 1. The van der Waals surface area contributed by atoms with E-state index in [9.17, 15) is 14.4 Å². The number of hydrogen-bond acceptors (Lipinski definition) is 7. The quantitative estimate of drug-likeness (QED) is 0.432. The number of benzene rings is 2. The Morgan fingerprint density at radius 1 is 1.31 bits per heavy atom. The Morgan fingerprint density at radius 2 is 2.16 bits per heavy atom. The third kappa shape index (κ3) is 4.75. The SMILES string of the molecule is COc1ccc(N)c(C(=O)NCCCC2CN(c3ccc4c(c3)NC(=O)CS4)C(=O)O2)c1. The molecule has 2 aliphatic rings. The van der Waals surface area contributed by atoms with Crippen LogP contribution in [0.25, 0.3) is 0 Å². The van der Waals surface area contributed by atoms with E-state index >= 15 is 0 Å². The van der Waals surface area contributed by atoms with Crippen molar-refractivity contribution < 1.29 is 23.9 Å². The lowest BCUT2D eigenvalue weighted by Gasteiger charge is -2.20. The molecule has 0 saturated carbocycles. The third-order valence-electron chi connectivity index (χ3n) is 5.28. The Bertz CT molecular complexity index is 1060. The Balaban J connectivity index is 1.28. The lowest BCUT2D eigenvalue weighted by atomic mass is 10.1. The van der Waals surface area contributed by atoms with E-state index in [4.69, 9.17) is 15.2 Å². The molecule has 32 heavy (non-hydrogen) atoms. The highest BCUT2D eigenvalue weighted by atomic mass is 32.2. The minimum atomic E-state index is -0.419. The van der Waals surface area contributed by atoms with E-state index in [2.05, 4.69) is 10.6 Å². The lowest BCUT2D eigenvalue weighted by Crippen LogP contribution is -2.27. The first kappa shape index (κ1) is 21.8. The van der Waals surface area contributed by atoms with Gasteiger partial charge in [0.2, 0.25) is 5.91 Å². The number of cyclic esters (lactones) is 1. The van der Waals surface area contributed by atoms with Crippen LogP contribution < -0.4 is 26.0 Å². The maximum Gasteiger partial charge on any atom is 0.414 e. The number of ether oxygens (including phenoxy) is 2. The second-order valence-electron chi connectivity index (χ2n) is 7.48. The van der Waals surface area contributed by atoms with E-state index in [-0.39, 0.29) is 17.9 Å². The van der Waals surface area contributed by atoms with Crippen molar-refractivity contribution in [2.24, 2.45) is 0 Å². The molecule has 10 heteroatoms. The molecule has 2 aromatic carbocycles. The topological polar surface area (TPSA) is 123 Å². The van der Waals surface area contributed by atoms with Gasteiger partial charge in [0.25, 0.3) is 5.91 Å². The Hall–Kier alpha value is -3.40. The van der Waals surface area contributed by atoms with Crippen LogP contribution in [-0.4, -0.2) is 50.0 Å². The van der Waals surface area contributed by atoms with Crippen LogP contribution in [-0.2, 0) is 9.53 Å². The molecule has 168 valence electrons. The van der Waals surface area contributed by atoms with Crippen LogP contribution in [0.2, 0.25) is 0 Å². The zero-order chi connectivity index (χ0) is 22.7. The standard InChI is InChI=1S/C22H24N4O5S/c1-30-14-5-6-17(23)16(10-14)21(28)24-8-2-3-15-11-26(22(29)31-15)13-4-7-19-18(9-13)25-20(27)12-32-19/h4-7,9-10,15H,2-3,8,11-12,23H2,1H3,(H,24,28)(H,25,27). The number of rotatable bonds is 7. The summed E-state index contributed by atoms with van der Waals surface area (Å²) >= 11 is 1.47. The molecular formula is C22H24N4O5S. The first-order chi connectivity index (χ1) is 15.4. The van der Waals surface area contributed by atoms with E-state index in [0.717, 1.165) is 4.90 Å². The number of thioether (sulfide) groups is 1. The minimum absolute atomic E-state index is 0.0562. The summed E-state index contributed by atoms with van der Waals surface area (Å²) in [6.07, 6.45) is 0.547. The molecule has 1 saturated heterocycles. The fourth-order valence-electron chi connectivity index (χ4n) is 3.61. The van der Waals surface area contributed by atoms with E-state index in [1.54, 1.807) is 29.2 Å². The van der Waals surface area contributed by atoms with Crippen molar-refractivity contribution in [1.82, 2.24) is 5.32 Å². The highest BCUT2D eigenvalue weighted by Crippen LogP contribution is 2.35. The van der Waals surface area contributed by atoms with Crippen molar-refractivity contribution in [1.29, 1.82) is 0 Å². The highest BCUT2D eigenvalue weighted by molar-refractivity contribution is 8.00. The van der Waals surface area contributed by atoms with Crippen LogP contribution >= 0.6 is 11.8 Å². The Morgan fingerprint density at radius 3 is 2.97 bits per heavy atom. The third-order valence-corrected chi connectivity index (χ3v) is 6.35. The molecule has 2 heterocycles. The van der Waals surface area contributed by atoms with Gasteiger partial charge in [-0.05, 0) is 49.2 Å². The van der Waals surface area contributed by atoms with Crippen molar-refractivity contribution in [2.45, 2.75) is 23.8 Å². The number of methoxy groups -OCH3 is 1. The van der Waals surface area contributed by atoms with Gasteiger partial charge in [0.15, 0.2) is 0 Å². The number of amides is 3. The van der Waals surface area contributed by atoms with Crippen LogP contribution in [0.3, 0.4) is 0 Å². The average molecular weight is 457 g/mol. The van der Waals surface area contributed by atoms with E-state index in [0.29, 0.717) is 60.1 Å². The fourth-order valence-corrected chi connectivity index (χ4v) is 4.40. The van der Waals surface area contributed by atoms with Crippen LogP contribution in [0.5, 0.6) is 5.75 Å². The number of fused-ring (bicyclic) bond motifs is 1. The number of nitrogens with zero attached hydrogens (tertiary/aromatic N) is 1. The van der Waals surface area contributed by atoms with Gasteiger partial charge in [0.1, 0.15) is 11.9 Å². The summed E-state index contributed by atoms with van der Waals surface area (Å²) < 4.78 is 10.6. The molecule has 0 spiro atoms. The fraction of sp³-hybridized carbons (Fsp3) is 0.318. The molecule has 4 rings (SSSR count). The molecule has 0 bridgehead atoms. The lowest BCUT2D eigenvalue weighted by molar-refractivity contribution is -0.113. The molecule has 0 aromatic heterocycles. The Kier molecular flexibility index (Phi) is 6.40. The van der Waals surface area contributed by atoms with Gasteiger partial charge in [0.05, 0.1) is 30.7 Å². The minimum Gasteiger partial charge on any atom is -0.497 e. The summed E-state index contributed by atoms with van der Waals surface area (Å²) in [4.78, 5) is 38.9. The molecular weight excluding hydrogens is 432 g/mol.